The molecule has 2 heteroatoms. The van der Waals surface area contributed by atoms with E-state index < -0.39 is 0 Å². The van der Waals surface area contributed by atoms with Gasteiger partial charge in [0.2, 0.25) is 0 Å². The molecule has 0 nitrogen and oxygen atoms in total. The van der Waals surface area contributed by atoms with Crippen LogP contribution in [0.25, 0.3) is 0 Å². The number of halogens is 2. The molecule has 0 amide bonds. The van der Waals surface area contributed by atoms with Crippen molar-refractivity contribution >= 4 is 31.9 Å². The van der Waals surface area contributed by atoms with Gasteiger partial charge in [-0.15, -0.1) is 0 Å². The zero-order valence-electron chi connectivity index (χ0n) is 5.40. The van der Waals surface area contributed by atoms with Crippen LogP contribution in [0.3, 0.4) is 0 Å². The summed E-state index contributed by atoms with van der Waals surface area (Å²) in [5.74, 6) is 0. The lowest BCUT2D eigenvalue weighted by Crippen LogP contribution is -1.79. The first-order valence-corrected chi connectivity index (χ1v) is 4.55. The lowest BCUT2D eigenvalue weighted by molar-refractivity contribution is 1.26. The fourth-order valence-corrected chi connectivity index (χ4v) is 2.14. The van der Waals surface area contributed by atoms with E-state index in [1.165, 1.54) is 5.56 Å². The molecule has 0 N–H and O–H groups in total. The van der Waals surface area contributed by atoms with Gasteiger partial charge in [0.05, 0.1) is 0 Å². The first-order chi connectivity index (χ1) is 4.72. The van der Waals surface area contributed by atoms with Crippen molar-refractivity contribution in [2.75, 3.05) is 0 Å². The second kappa shape index (κ2) is 3.54. The van der Waals surface area contributed by atoms with Gasteiger partial charge >= 0.3 is 0 Å². The summed E-state index contributed by atoms with van der Waals surface area (Å²) in [6.07, 6.45) is 0.831. The molecule has 1 radical (unpaired) electrons. The topological polar surface area (TPSA) is 0 Å². The predicted octanol–water partition coefficient (Wildman–Crippen LogP) is 3.59. The molecule has 0 fully saturated rings. The summed E-state index contributed by atoms with van der Waals surface area (Å²) in [5.41, 5.74) is 1.24. The van der Waals surface area contributed by atoms with Crippen LogP contribution in [0, 0.1) is 6.92 Å². The van der Waals surface area contributed by atoms with Crippen LogP contribution < -0.4 is 0 Å². The van der Waals surface area contributed by atoms with Gasteiger partial charge in [0.25, 0.3) is 0 Å². The Balaban J connectivity index is 3.06. The Kier molecular flexibility index (Phi) is 2.93. The van der Waals surface area contributed by atoms with E-state index in [1.54, 1.807) is 0 Å². The molecule has 1 aromatic carbocycles. The maximum atomic E-state index is 3.80. The van der Waals surface area contributed by atoms with Crippen molar-refractivity contribution in [3.05, 3.63) is 39.6 Å². The van der Waals surface area contributed by atoms with E-state index in [-0.39, 0.29) is 0 Å². The standard InChI is InChI=1S/C8H7Br2/c1-2-6-3-7(9)5-8(10)4-6/h3-5H,1-2H2. The van der Waals surface area contributed by atoms with Crippen LogP contribution in [0.1, 0.15) is 5.56 Å². The molecule has 0 saturated heterocycles. The van der Waals surface area contributed by atoms with Crippen LogP contribution in [-0.2, 0) is 6.42 Å². The van der Waals surface area contributed by atoms with Crippen molar-refractivity contribution in [2.45, 2.75) is 6.42 Å². The summed E-state index contributed by atoms with van der Waals surface area (Å²) < 4.78 is 2.20. The van der Waals surface area contributed by atoms with Gasteiger partial charge in [-0.2, -0.15) is 0 Å². The van der Waals surface area contributed by atoms with Gasteiger partial charge in [-0.1, -0.05) is 31.9 Å². The highest BCUT2D eigenvalue weighted by atomic mass is 79.9. The molecule has 0 unspecified atom stereocenters. The Labute approximate surface area is 77.9 Å². The van der Waals surface area contributed by atoms with Crippen LogP contribution in [-0.4, -0.2) is 0 Å². The quantitative estimate of drug-likeness (QED) is 0.726. The molecule has 0 bridgehead atoms. The Morgan fingerprint density at radius 3 is 2.00 bits per heavy atom. The zero-order valence-corrected chi connectivity index (χ0v) is 8.57. The second-order valence-corrected chi connectivity index (χ2v) is 3.86. The third-order valence-corrected chi connectivity index (χ3v) is 2.13. The van der Waals surface area contributed by atoms with Gasteiger partial charge in [-0.05, 0) is 37.1 Å². The van der Waals surface area contributed by atoms with Crippen molar-refractivity contribution in [3.63, 3.8) is 0 Å². The summed E-state index contributed by atoms with van der Waals surface area (Å²) in [4.78, 5) is 0. The van der Waals surface area contributed by atoms with E-state index in [9.17, 15) is 0 Å². The van der Waals surface area contributed by atoms with Gasteiger partial charge in [0.1, 0.15) is 0 Å². The molecule has 10 heavy (non-hydrogen) atoms. The summed E-state index contributed by atoms with van der Waals surface area (Å²) >= 11 is 6.79. The minimum Gasteiger partial charge on any atom is -0.0508 e. The predicted molar refractivity (Wildman–Crippen MR) is 50.9 cm³/mol. The van der Waals surface area contributed by atoms with Crippen molar-refractivity contribution in [2.24, 2.45) is 0 Å². The molecule has 0 atom stereocenters. The molecule has 0 spiro atoms. The van der Waals surface area contributed by atoms with E-state index in [2.05, 4.69) is 50.9 Å². The molecule has 0 heterocycles. The van der Waals surface area contributed by atoms with Crippen molar-refractivity contribution in [3.8, 4) is 0 Å². The molecule has 53 valence electrons. The van der Waals surface area contributed by atoms with E-state index in [0.29, 0.717) is 0 Å². The average molecular weight is 263 g/mol. The largest absolute Gasteiger partial charge is 0.0508 e. The molecule has 0 aromatic heterocycles. The fourth-order valence-electron chi connectivity index (χ4n) is 0.755. The number of benzene rings is 1. The summed E-state index contributed by atoms with van der Waals surface area (Å²) in [7, 11) is 0. The summed E-state index contributed by atoms with van der Waals surface area (Å²) in [6, 6.07) is 6.15. The van der Waals surface area contributed by atoms with E-state index in [0.717, 1.165) is 15.4 Å². The molecule has 1 rings (SSSR count). The van der Waals surface area contributed by atoms with Gasteiger partial charge in [-0.3, -0.25) is 0 Å². The van der Waals surface area contributed by atoms with E-state index in [1.807, 2.05) is 6.07 Å². The molecule has 0 aliphatic heterocycles. The number of hydrogen-bond acceptors (Lipinski definition) is 0. The van der Waals surface area contributed by atoms with Crippen molar-refractivity contribution in [1.82, 2.24) is 0 Å². The highest BCUT2D eigenvalue weighted by Gasteiger charge is 1.93. The Morgan fingerprint density at radius 2 is 1.60 bits per heavy atom. The molecule has 1 aromatic rings. The van der Waals surface area contributed by atoms with Crippen molar-refractivity contribution < 1.29 is 0 Å². The molecule has 0 aliphatic carbocycles. The zero-order chi connectivity index (χ0) is 7.56. The Morgan fingerprint density at radius 1 is 1.10 bits per heavy atom. The molecular weight excluding hydrogens is 256 g/mol. The highest BCUT2D eigenvalue weighted by molar-refractivity contribution is 9.11. The Hall–Kier alpha value is 0.180. The maximum absolute atomic E-state index is 3.80. The Bertz CT molecular complexity index is 210. The molecule has 0 aliphatic rings. The summed E-state index contributed by atoms with van der Waals surface area (Å²) in [5, 5.41) is 0. The third-order valence-electron chi connectivity index (χ3n) is 1.21. The number of rotatable bonds is 1. The van der Waals surface area contributed by atoms with E-state index in [4.69, 9.17) is 0 Å². The van der Waals surface area contributed by atoms with Crippen LogP contribution in [0.2, 0.25) is 0 Å². The molecular formula is C8H7Br2. The van der Waals surface area contributed by atoms with Crippen LogP contribution >= 0.6 is 31.9 Å². The third kappa shape index (κ3) is 2.10. The first-order valence-electron chi connectivity index (χ1n) is 2.96. The number of hydrogen-bond donors (Lipinski definition) is 0. The first kappa shape index (κ1) is 8.28. The smallest absolute Gasteiger partial charge is 0.0189 e. The van der Waals surface area contributed by atoms with Crippen LogP contribution in [0.5, 0.6) is 0 Å². The van der Waals surface area contributed by atoms with Gasteiger partial charge < -0.3 is 0 Å². The lowest BCUT2D eigenvalue weighted by atomic mass is 10.2. The highest BCUT2D eigenvalue weighted by Crippen LogP contribution is 2.19. The van der Waals surface area contributed by atoms with E-state index >= 15 is 0 Å². The normalized spacial score (nSPS) is 9.90. The SMILES string of the molecule is [CH2]Cc1cc(Br)cc(Br)c1. The minimum absolute atomic E-state index is 0.831. The van der Waals surface area contributed by atoms with Crippen LogP contribution in [0.4, 0.5) is 0 Å². The van der Waals surface area contributed by atoms with Crippen molar-refractivity contribution in [1.29, 1.82) is 0 Å². The summed E-state index contributed by atoms with van der Waals surface area (Å²) in [6.45, 7) is 3.80. The van der Waals surface area contributed by atoms with Gasteiger partial charge in [0, 0.05) is 8.95 Å². The lowest BCUT2D eigenvalue weighted by Gasteiger charge is -1.97. The van der Waals surface area contributed by atoms with Gasteiger partial charge in [0.15, 0.2) is 0 Å². The van der Waals surface area contributed by atoms with Gasteiger partial charge in [-0.25, -0.2) is 0 Å². The maximum Gasteiger partial charge on any atom is 0.0189 e. The fraction of sp³-hybridized carbons (Fsp3) is 0.125. The average Bonchev–Trinajstić information content (AvgIpc) is 1.85. The van der Waals surface area contributed by atoms with Crippen LogP contribution in [0.15, 0.2) is 27.1 Å². The second-order valence-electron chi connectivity index (χ2n) is 2.03. The monoisotopic (exact) mass is 261 g/mol. The molecule has 0 saturated carbocycles. The minimum atomic E-state index is 0.831.